The zero-order valence-corrected chi connectivity index (χ0v) is 13.9. The quantitative estimate of drug-likeness (QED) is 0.916. The lowest BCUT2D eigenvalue weighted by atomic mass is 10.0. The molecule has 1 N–H and O–H groups in total. The van der Waals surface area contributed by atoms with Crippen LogP contribution in [0.3, 0.4) is 0 Å². The Morgan fingerprint density at radius 3 is 2.65 bits per heavy atom. The van der Waals surface area contributed by atoms with Gasteiger partial charge in [-0.05, 0) is 51.4 Å². The number of likely N-dealkylation sites (N-methyl/N-ethyl adjacent to an activating group) is 1. The molecule has 2 saturated heterocycles. The summed E-state index contributed by atoms with van der Waals surface area (Å²) in [6, 6.07) is 4.23. The van der Waals surface area contributed by atoms with Crippen molar-refractivity contribution in [2.24, 2.45) is 0 Å². The summed E-state index contributed by atoms with van der Waals surface area (Å²) in [7, 11) is 2.15. The van der Waals surface area contributed by atoms with Gasteiger partial charge in [-0.3, -0.25) is 9.59 Å². The molecule has 0 bridgehead atoms. The summed E-state index contributed by atoms with van der Waals surface area (Å²) >= 11 is 0. The predicted octanol–water partition coefficient (Wildman–Crippen LogP) is 1.61. The molecule has 0 saturated carbocycles. The van der Waals surface area contributed by atoms with Crippen molar-refractivity contribution in [2.75, 3.05) is 20.1 Å². The third-order valence-corrected chi connectivity index (χ3v) is 4.97. The summed E-state index contributed by atoms with van der Waals surface area (Å²) in [5.41, 5.74) is 0. The van der Waals surface area contributed by atoms with Gasteiger partial charge in [0.05, 0.1) is 6.54 Å². The van der Waals surface area contributed by atoms with E-state index in [1.807, 2.05) is 4.90 Å². The maximum Gasteiger partial charge on any atom is 0.289 e. The second-order valence-corrected chi connectivity index (χ2v) is 6.57. The minimum absolute atomic E-state index is 0.0260. The number of carbonyl (C=O) groups is 2. The van der Waals surface area contributed by atoms with Gasteiger partial charge < -0.3 is 19.5 Å². The topological polar surface area (TPSA) is 65.8 Å². The fourth-order valence-corrected chi connectivity index (χ4v) is 3.81. The number of nitrogens with one attached hydrogen (secondary N) is 1. The molecule has 2 aliphatic heterocycles. The van der Waals surface area contributed by atoms with Crippen LogP contribution in [0.2, 0.25) is 0 Å². The van der Waals surface area contributed by atoms with Crippen molar-refractivity contribution in [1.82, 2.24) is 15.1 Å². The summed E-state index contributed by atoms with van der Waals surface area (Å²) in [6.07, 6.45) is 4.50. The van der Waals surface area contributed by atoms with Gasteiger partial charge in [0.2, 0.25) is 5.91 Å². The van der Waals surface area contributed by atoms with Gasteiger partial charge in [0.15, 0.2) is 5.76 Å². The van der Waals surface area contributed by atoms with E-state index in [0.717, 1.165) is 32.4 Å². The normalized spacial score (nSPS) is 25.0. The molecule has 1 aromatic heterocycles. The van der Waals surface area contributed by atoms with Crippen molar-refractivity contribution in [2.45, 2.75) is 51.2 Å². The molecule has 0 unspecified atom stereocenters. The molecule has 2 aliphatic rings. The summed E-state index contributed by atoms with van der Waals surface area (Å²) in [5.74, 6) is 0.843. The van der Waals surface area contributed by atoms with E-state index in [9.17, 15) is 9.59 Å². The van der Waals surface area contributed by atoms with E-state index in [1.54, 1.807) is 12.1 Å². The van der Waals surface area contributed by atoms with Crippen molar-refractivity contribution in [1.29, 1.82) is 0 Å². The van der Waals surface area contributed by atoms with Crippen LogP contribution in [0.25, 0.3) is 0 Å². The molecule has 1 aromatic rings. The zero-order chi connectivity index (χ0) is 16.4. The van der Waals surface area contributed by atoms with E-state index in [2.05, 4.69) is 17.3 Å². The van der Waals surface area contributed by atoms with Crippen molar-refractivity contribution in [3.63, 3.8) is 0 Å². The first-order chi connectivity index (χ1) is 11.1. The average molecular weight is 319 g/mol. The van der Waals surface area contributed by atoms with E-state index in [0.29, 0.717) is 30.1 Å². The van der Waals surface area contributed by atoms with Crippen LogP contribution in [0.4, 0.5) is 0 Å². The Hall–Kier alpha value is -1.82. The lowest BCUT2D eigenvalue weighted by molar-refractivity contribution is -0.119. The number of furan rings is 1. The minimum Gasteiger partial charge on any atom is -0.454 e. The first-order valence-corrected chi connectivity index (χ1v) is 8.40. The largest absolute Gasteiger partial charge is 0.454 e. The Balaban J connectivity index is 1.68. The maximum absolute atomic E-state index is 12.8. The van der Waals surface area contributed by atoms with Gasteiger partial charge in [-0.1, -0.05) is 0 Å². The highest BCUT2D eigenvalue weighted by atomic mass is 16.4. The Kier molecular flexibility index (Phi) is 4.71. The summed E-state index contributed by atoms with van der Waals surface area (Å²) < 4.78 is 5.63. The SMILES string of the molecule is CC(=O)NCc1ccc(C(=O)N2CCC[C@H]2[C@H]2CCCN2C)o1. The number of rotatable bonds is 4. The number of amides is 2. The Morgan fingerprint density at radius 1 is 1.22 bits per heavy atom. The minimum atomic E-state index is -0.113. The predicted molar refractivity (Wildman–Crippen MR) is 85.9 cm³/mol. The van der Waals surface area contributed by atoms with Crippen molar-refractivity contribution in [3.8, 4) is 0 Å². The van der Waals surface area contributed by atoms with Gasteiger partial charge >= 0.3 is 0 Å². The van der Waals surface area contributed by atoms with Crippen LogP contribution >= 0.6 is 0 Å². The second kappa shape index (κ2) is 6.74. The maximum atomic E-state index is 12.8. The number of nitrogens with zero attached hydrogens (tertiary/aromatic N) is 2. The molecule has 0 aromatic carbocycles. The van der Waals surface area contributed by atoms with Crippen LogP contribution in [-0.2, 0) is 11.3 Å². The number of hydrogen-bond acceptors (Lipinski definition) is 4. The third-order valence-electron chi connectivity index (χ3n) is 4.97. The molecule has 2 atom stereocenters. The molecule has 0 radical (unpaired) electrons. The van der Waals surface area contributed by atoms with Gasteiger partial charge in [-0.2, -0.15) is 0 Å². The van der Waals surface area contributed by atoms with Crippen molar-refractivity contribution < 1.29 is 14.0 Å². The fourth-order valence-electron chi connectivity index (χ4n) is 3.81. The van der Waals surface area contributed by atoms with Crippen LogP contribution in [-0.4, -0.2) is 53.8 Å². The van der Waals surface area contributed by atoms with Crippen molar-refractivity contribution in [3.05, 3.63) is 23.7 Å². The molecule has 6 nitrogen and oxygen atoms in total. The Morgan fingerprint density at radius 2 is 1.96 bits per heavy atom. The van der Waals surface area contributed by atoms with E-state index >= 15 is 0 Å². The Bertz CT molecular complexity index is 583. The fraction of sp³-hybridized carbons (Fsp3) is 0.647. The van der Waals surface area contributed by atoms with Crippen LogP contribution in [0.1, 0.15) is 48.9 Å². The lowest BCUT2D eigenvalue weighted by Gasteiger charge is -2.32. The van der Waals surface area contributed by atoms with Gasteiger partial charge in [0.1, 0.15) is 5.76 Å². The second-order valence-electron chi connectivity index (χ2n) is 6.57. The van der Waals surface area contributed by atoms with Crippen LogP contribution in [0.5, 0.6) is 0 Å². The van der Waals surface area contributed by atoms with Gasteiger partial charge in [0.25, 0.3) is 5.91 Å². The molecule has 0 spiro atoms. The molecular weight excluding hydrogens is 294 g/mol. The smallest absolute Gasteiger partial charge is 0.289 e. The molecule has 126 valence electrons. The monoisotopic (exact) mass is 319 g/mol. The standard InChI is InChI=1S/C17H25N3O3/c1-12(21)18-11-13-7-8-16(23-13)17(22)20-10-4-6-15(20)14-5-3-9-19(14)2/h7-8,14-15H,3-6,9-11H2,1-2H3,(H,18,21)/t14-,15+/m1/s1. The zero-order valence-electron chi connectivity index (χ0n) is 13.9. The van der Waals surface area contributed by atoms with Crippen LogP contribution in [0, 0.1) is 0 Å². The van der Waals surface area contributed by atoms with Crippen LogP contribution in [0.15, 0.2) is 16.5 Å². The highest BCUT2D eigenvalue weighted by Gasteiger charge is 2.39. The van der Waals surface area contributed by atoms with Gasteiger partial charge in [-0.15, -0.1) is 0 Å². The van der Waals surface area contributed by atoms with E-state index in [1.165, 1.54) is 13.3 Å². The van der Waals surface area contributed by atoms with E-state index < -0.39 is 0 Å². The molecule has 2 fully saturated rings. The molecule has 3 rings (SSSR count). The van der Waals surface area contributed by atoms with Crippen molar-refractivity contribution >= 4 is 11.8 Å². The van der Waals surface area contributed by atoms with Gasteiger partial charge in [-0.25, -0.2) is 0 Å². The van der Waals surface area contributed by atoms with Crippen LogP contribution < -0.4 is 5.32 Å². The first-order valence-electron chi connectivity index (χ1n) is 8.40. The third kappa shape index (κ3) is 3.42. The summed E-state index contributed by atoms with van der Waals surface area (Å²) in [5, 5.41) is 2.68. The molecule has 2 amide bonds. The number of likely N-dealkylation sites (tertiary alicyclic amines) is 2. The molecule has 0 aliphatic carbocycles. The summed E-state index contributed by atoms with van der Waals surface area (Å²) in [6.45, 7) is 3.69. The highest BCUT2D eigenvalue weighted by molar-refractivity contribution is 5.92. The average Bonchev–Trinajstić information content (AvgIpc) is 3.24. The lowest BCUT2D eigenvalue weighted by Crippen LogP contribution is -2.47. The molecule has 3 heterocycles. The number of hydrogen-bond donors (Lipinski definition) is 1. The Labute approximate surface area is 136 Å². The van der Waals surface area contributed by atoms with Gasteiger partial charge in [0, 0.05) is 25.6 Å². The summed E-state index contributed by atoms with van der Waals surface area (Å²) in [4.78, 5) is 28.1. The number of carbonyl (C=O) groups excluding carboxylic acids is 2. The molecular formula is C17H25N3O3. The molecule has 6 heteroatoms. The molecule has 23 heavy (non-hydrogen) atoms. The first kappa shape index (κ1) is 16.1. The van der Waals surface area contributed by atoms with E-state index in [4.69, 9.17) is 4.42 Å². The highest BCUT2D eigenvalue weighted by Crippen LogP contribution is 2.30. The van der Waals surface area contributed by atoms with E-state index in [-0.39, 0.29) is 11.8 Å².